The van der Waals surface area contributed by atoms with E-state index >= 15 is 0 Å². The molecule has 2 fully saturated rings. The summed E-state index contributed by atoms with van der Waals surface area (Å²) in [6.45, 7) is 17.6. The molecule has 0 spiro atoms. The van der Waals surface area contributed by atoms with Crippen LogP contribution in [0.4, 0.5) is 5.95 Å². The molecule has 0 bridgehead atoms. The van der Waals surface area contributed by atoms with Crippen molar-refractivity contribution in [2.45, 2.75) is 96.6 Å². The van der Waals surface area contributed by atoms with Crippen LogP contribution >= 0.6 is 0 Å². The molecule has 1 saturated heterocycles. The molecule has 1 aliphatic carbocycles. The van der Waals surface area contributed by atoms with Crippen LogP contribution in [0.15, 0.2) is 12.4 Å². The fourth-order valence-corrected chi connectivity index (χ4v) is 6.93. The van der Waals surface area contributed by atoms with Crippen LogP contribution in [-0.4, -0.2) is 57.7 Å². The minimum atomic E-state index is -2.12. The minimum Gasteiger partial charge on any atom is -0.406 e. The third-order valence-corrected chi connectivity index (χ3v) is 13.2. The molecular weight excluding hydrogens is 494 g/mol. The number of ether oxygens (including phenoxy) is 1. The molecule has 9 nitrogen and oxygen atoms in total. The van der Waals surface area contributed by atoms with Gasteiger partial charge in [0, 0.05) is 25.4 Å². The van der Waals surface area contributed by atoms with Gasteiger partial charge in [-0.2, -0.15) is 10.1 Å². The highest BCUT2D eigenvalue weighted by Gasteiger charge is 2.48. The Morgan fingerprint density at radius 2 is 1.74 bits per heavy atom. The van der Waals surface area contributed by atoms with E-state index in [1.54, 1.807) is 0 Å². The number of fused-ring (bicyclic) bond motifs is 1. The molecular formula is C28H43N7O2Si. The van der Waals surface area contributed by atoms with Crippen LogP contribution in [0, 0.1) is 13.8 Å². The first-order chi connectivity index (χ1) is 17.9. The van der Waals surface area contributed by atoms with E-state index in [-0.39, 0.29) is 11.1 Å². The molecule has 0 amide bonds. The molecule has 1 atom stereocenters. The summed E-state index contributed by atoms with van der Waals surface area (Å²) in [4.78, 5) is 22.5. The zero-order chi connectivity index (χ0) is 27.3. The van der Waals surface area contributed by atoms with Crippen molar-refractivity contribution in [3.63, 3.8) is 0 Å². The van der Waals surface area contributed by atoms with Crippen molar-refractivity contribution in [1.29, 1.82) is 0 Å². The second-order valence-electron chi connectivity index (χ2n) is 12.6. The van der Waals surface area contributed by atoms with Crippen LogP contribution in [0.25, 0.3) is 11.2 Å². The summed E-state index contributed by atoms with van der Waals surface area (Å²) >= 11 is 0. The van der Waals surface area contributed by atoms with E-state index in [9.17, 15) is 0 Å². The normalized spacial score (nSPS) is 20.7. The van der Waals surface area contributed by atoms with Crippen LogP contribution in [0.1, 0.15) is 81.6 Å². The fraction of sp³-hybridized carbons (Fsp3) is 0.679. The summed E-state index contributed by atoms with van der Waals surface area (Å²) in [6.07, 6.45) is 9.16. The summed E-state index contributed by atoms with van der Waals surface area (Å²) < 4.78 is 15.3. The number of rotatable bonds is 5. The van der Waals surface area contributed by atoms with Crippen LogP contribution in [-0.2, 0) is 21.8 Å². The Labute approximate surface area is 227 Å². The lowest BCUT2D eigenvalue weighted by atomic mass is 9.82. The van der Waals surface area contributed by atoms with Gasteiger partial charge in [0.05, 0.1) is 30.7 Å². The molecule has 206 valence electrons. The average molecular weight is 538 g/mol. The zero-order valence-electron chi connectivity index (χ0n) is 24.3. The number of hydrogen-bond donors (Lipinski definition) is 0. The van der Waals surface area contributed by atoms with Crippen LogP contribution in [0.5, 0.6) is 0 Å². The Balaban J connectivity index is 1.64. The van der Waals surface area contributed by atoms with Gasteiger partial charge in [0.2, 0.25) is 5.95 Å². The number of nitrogens with zero attached hydrogens (tertiary/aromatic N) is 7. The zero-order valence-corrected chi connectivity index (χ0v) is 25.3. The van der Waals surface area contributed by atoms with Crippen LogP contribution < -0.4 is 4.90 Å². The molecule has 3 aromatic heterocycles. The van der Waals surface area contributed by atoms with E-state index in [0.29, 0.717) is 24.7 Å². The highest BCUT2D eigenvalue weighted by Crippen LogP contribution is 2.48. The number of aromatic nitrogens is 6. The average Bonchev–Trinajstić information content (AvgIpc) is 3.30. The van der Waals surface area contributed by atoms with Gasteiger partial charge >= 0.3 is 0 Å². The van der Waals surface area contributed by atoms with Crippen molar-refractivity contribution in [2.75, 3.05) is 24.6 Å². The molecule has 1 saturated carbocycles. The standard InChI is InChI=1S/C28H43N7O2Si/c1-19-20(2)31-25-23(30-19)24(28(12-10-9-11-13-28)37-38(7,8)27(3,4)5)32-26(33-25)35-14-15-36-22(18-35)21-16-29-34(6)17-21/h16-17,22H,9-15,18H2,1-8H3. The first-order valence-electron chi connectivity index (χ1n) is 14.0. The Morgan fingerprint density at radius 3 is 2.39 bits per heavy atom. The summed E-state index contributed by atoms with van der Waals surface area (Å²) in [5.41, 5.74) is 4.75. The van der Waals surface area contributed by atoms with Gasteiger partial charge in [-0.1, -0.05) is 40.0 Å². The predicted molar refractivity (Wildman–Crippen MR) is 152 cm³/mol. The van der Waals surface area contributed by atoms with Gasteiger partial charge in [-0.25, -0.2) is 15.0 Å². The van der Waals surface area contributed by atoms with Gasteiger partial charge < -0.3 is 14.1 Å². The number of morpholine rings is 1. The van der Waals surface area contributed by atoms with Gasteiger partial charge in [-0.15, -0.1) is 0 Å². The molecule has 5 rings (SSSR count). The molecule has 38 heavy (non-hydrogen) atoms. The van der Waals surface area contributed by atoms with Crippen molar-refractivity contribution in [2.24, 2.45) is 7.05 Å². The highest BCUT2D eigenvalue weighted by molar-refractivity contribution is 6.74. The number of hydrogen-bond acceptors (Lipinski definition) is 8. The van der Waals surface area contributed by atoms with Crippen molar-refractivity contribution in [3.8, 4) is 0 Å². The third kappa shape index (κ3) is 5.10. The molecule has 4 heterocycles. The Hall–Kier alpha value is -2.43. The second-order valence-corrected chi connectivity index (χ2v) is 17.3. The maximum Gasteiger partial charge on any atom is 0.228 e. The van der Waals surface area contributed by atoms with Crippen LogP contribution in [0.2, 0.25) is 18.1 Å². The molecule has 1 aliphatic heterocycles. The van der Waals surface area contributed by atoms with E-state index in [2.05, 4.69) is 43.9 Å². The third-order valence-electron chi connectivity index (χ3n) is 8.73. The molecule has 0 aromatic carbocycles. The molecule has 3 aromatic rings. The largest absolute Gasteiger partial charge is 0.406 e. The van der Waals surface area contributed by atoms with Crippen LogP contribution in [0.3, 0.4) is 0 Å². The van der Waals surface area contributed by atoms with Crippen molar-refractivity contribution >= 4 is 25.4 Å². The Morgan fingerprint density at radius 1 is 1.03 bits per heavy atom. The molecule has 2 aliphatic rings. The smallest absolute Gasteiger partial charge is 0.228 e. The van der Waals surface area contributed by atoms with Crippen molar-refractivity contribution in [1.82, 2.24) is 29.7 Å². The first-order valence-corrected chi connectivity index (χ1v) is 16.9. The van der Waals surface area contributed by atoms with E-state index in [0.717, 1.165) is 60.4 Å². The fourth-order valence-electron chi connectivity index (χ4n) is 5.35. The quantitative estimate of drug-likeness (QED) is 0.393. The molecule has 1 unspecified atom stereocenters. The van der Waals surface area contributed by atoms with Gasteiger partial charge in [0.1, 0.15) is 22.9 Å². The van der Waals surface area contributed by atoms with E-state index in [1.807, 2.05) is 38.0 Å². The predicted octanol–water partition coefficient (Wildman–Crippen LogP) is 5.53. The Kier molecular flexibility index (Phi) is 7.11. The second kappa shape index (κ2) is 9.95. The van der Waals surface area contributed by atoms with Crippen molar-refractivity contribution in [3.05, 3.63) is 35.0 Å². The minimum absolute atomic E-state index is 0.0850. The van der Waals surface area contributed by atoms with Gasteiger partial charge in [0.25, 0.3) is 0 Å². The number of aryl methyl sites for hydroxylation is 3. The Bertz CT molecular complexity index is 1310. The topological polar surface area (TPSA) is 91.1 Å². The van der Waals surface area contributed by atoms with Gasteiger partial charge in [0.15, 0.2) is 14.0 Å². The van der Waals surface area contributed by atoms with Gasteiger partial charge in [-0.3, -0.25) is 4.68 Å². The van der Waals surface area contributed by atoms with E-state index < -0.39 is 13.9 Å². The summed E-state index contributed by atoms with van der Waals surface area (Å²) in [7, 11) is -0.192. The summed E-state index contributed by atoms with van der Waals surface area (Å²) in [5, 5.41) is 4.43. The lowest BCUT2D eigenvalue weighted by Gasteiger charge is -2.47. The molecule has 0 radical (unpaired) electrons. The first kappa shape index (κ1) is 27.1. The van der Waals surface area contributed by atoms with Gasteiger partial charge in [-0.05, 0) is 44.8 Å². The monoisotopic (exact) mass is 537 g/mol. The SMILES string of the molecule is Cc1nc2nc(N3CCOC(c4cnn(C)c4)C3)nc(C3(O[Si](C)(C)C(C)(C)C)CCCCC3)c2nc1C. The summed E-state index contributed by atoms with van der Waals surface area (Å²) in [6, 6.07) is 0. The number of anilines is 1. The summed E-state index contributed by atoms with van der Waals surface area (Å²) in [5.74, 6) is 0.686. The lowest BCUT2D eigenvalue weighted by molar-refractivity contribution is 0.00936. The molecule has 10 heteroatoms. The van der Waals surface area contributed by atoms with E-state index in [1.165, 1.54) is 6.42 Å². The highest BCUT2D eigenvalue weighted by atomic mass is 28.4. The molecule has 0 N–H and O–H groups in total. The lowest BCUT2D eigenvalue weighted by Crippen LogP contribution is -2.50. The maximum absolute atomic E-state index is 7.36. The maximum atomic E-state index is 7.36. The van der Waals surface area contributed by atoms with Crippen molar-refractivity contribution < 1.29 is 9.16 Å². The van der Waals surface area contributed by atoms with E-state index in [4.69, 9.17) is 29.1 Å².